The van der Waals surface area contributed by atoms with Gasteiger partial charge in [0.05, 0.1) is 18.2 Å². The van der Waals surface area contributed by atoms with Crippen molar-refractivity contribution in [3.05, 3.63) is 70.3 Å². The molecule has 0 saturated carbocycles. The van der Waals surface area contributed by atoms with Gasteiger partial charge in [-0.2, -0.15) is 0 Å². The summed E-state index contributed by atoms with van der Waals surface area (Å²) in [5.41, 5.74) is -0.0855. The molecule has 1 N–H and O–H groups in total. The molecule has 25 heavy (non-hydrogen) atoms. The van der Waals surface area contributed by atoms with Crippen LogP contribution >= 0.6 is 0 Å². The maximum atomic E-state index is 13.5. The summed E-state index contributed by atoms with van der Waals surface area (Å²) in [6.45, 7) is 2.64. The largest absolute Gasteiger partial charge is 0.467 e. The molecule has 0 aliphatic rings. The minimum absolute atomic E-state index is 0.231. The lowest BCUT2D eigenvalue weighted by atomic mass is 10.1. The number of amides is 1. The van der Waals surface area contributed by atoms with Crippen molar-refractivity contribution in [3.8, 4) is 0 Å². The van der Waals surface area contributed by atoms with E-state index in [2.05, 4.69) is 5.32 Å². The smallest absolute Gasteiger partial charge is 0.268 e. The second-order valence-corrected chi connectivity index (χ2v) is 5.83. The summed E-state index contributed by atoms with van der Waals surface area (Å²) in [6.07, 6.45) is 3.16. The lowest BCUT2D eigenvalue weighted by molar-refractivity contribution is 0.0937. The Hall–Kier alpha value is -2.89. The molecule has 2 aromatic heterocycles. The molecule has 0 atom stereocenters. The molecule has 3 rings (SSSR count). The first-order valence-corrected chi connectivity index (χ1v) is 8.24. The van der Waals surface area contributed by atoms with Crippen molar-refractivity contribution in [1.82, 2.24) is 9.88 Å². The third-order valence-corrected chi connectivity index (χ3v) is 4.05. The number of nitrogens with zero attached hydrogens (tertiary/aromatic N) is 1. The molecule has 0 bridgehead atoms. The summed E-state index contributed by atoms with van der Waals surface area (Å²) in [4.78, 5) is 25.3. The number of carbonyl (C=O) groups is 1. The lowest BCUT2D eigenvalue weighted by Crippen LogP contribution is -2.32. The zero-order chi connectivity index (χ0) is 17.8. The highest BCUT2D eigenvalue weighted by atomic mass is 19.1. The number of nitrogens with one attached hydrogen (secondary N) is 1. The number of carbonyl (C=O) groups excluding carboxylic acids is 1. The molecule has 1 amide bonds. The maximum absolute atomic E-state index is 13.5. The molecule has 3 aromatic rings. The van der Waals surface area contributed by atoms with Crippen LogP contribution in [0.15, 0.2) is 51.9 Å². The van der Waals surface area contributed by atoms with E-state index in [0.29, 0.717) is 17.7 Å². The van der Waals surface area contributed by atoms with Crippen LogP contribution in [-0.4, -0.2) is 10.5 Å². The Kier molecular flexibility index (Phi) is 4.97. The number of hydrogen-bond donors (Lipinski definition) is 1. The van der Waals surface area contributed by atoms with Crippen molar-refractivity contribution in [2.24, 2.45) is 0 Å². The molecule has 6 heteroatoms. The third-order valence-electron chi connectivity index (χ3n) is 4.05. The fraction of sp³-hybridized carbons (Fsp3) is 0.263. The molecule has 0 saturated heterocycles. The van der Waals surface area contributed by atoms with Crippen LogP contribution in [-0.2, 0) is 13.1 Å². The number of unbranched alkanes of at least 4 members (excludes halogenated alkanes) is 1. The van der Waals surface area contributed by atoms with E-state index < -0.39 is 5.82 Å². The molecule has 130 valence electrons. The Labute approximate surface area is 144 Å². The van der Waals surface area contributed by atoms with Gasteiger partial charge in [-0.15, -0.1) is 0 Å². The number of aromatic nitrogens is 1. The normalized spacial score (nSPS) is 11.0. The third kappa shape index (κ3) is 3.63. The first kappa shape index (κ1) is 17.0. The number of furan rings is 1. The van der Waals surface area contributed by atoms with Gasteiger partial charge >= 0.3 is 0 Å². The molecule has 2 heterocycles. The zero-order valence-corrected chi connectivity index (χ0v) is 13.9. The van der Waals surface area contributed by atoms with Crippen LogP contribution in [0.5, 0.6) is 0 Å². The van der Waals surface area contributed by atoms with Crippen molar-refractivity contribution in [2.45, 2.75) is 32.9 Å². The SMILES string of the molecule is CCCCn1c(C(=O)NCc2ccco2)cc2ccc(F)cc2c1=O. The summed E-state index contributed by atoms with van der Waals surface area (Å²) in [5.74, 6) is -0.212. The number of halogens is 1. The quantitative estimate of drug-likeness (QED) is 0.746. The van der Waals surface area contributed by atoms with Gasteiger partial charge in [0.1, 0.15) is 17.3 Å². The predicted molar refractivity (Wildman–Crippen MR) is 93.0 cm³/mol. The van der Waals surface area contributed by atoms with Gasteiger partial charge in [0.25, 0.3) is 11.5 Å². The van der Waals surface area contributed by atoms with E-state index in [0.717, 1.165) is 12.8 Å². The van der Waals surface area contributed by atoms with E-state index >= 15 is 0 Å². The number of fused-ring (bicyclic) bond motifs is 1. The van der Waals surface area contributed by atoms with Crippen LogP contribution in [0.1, 0.15) is 36.0 Å². The van der Waals surface area contributed by atoms with Crippen molar-refractivity contribution >= 4 is 16.7 Å². The van der Waals surface area contributed by atoms with E-state index in [-0.39, 0.29) is 29.1 Å². The molecule has 0 unspecified atom stereocenters. The monoisotopic (exact) mass is 342 g/mol. The van der Waals surface area contributed by atoms with Gasteiger partial charge in [-0.1, -0.05) is 19.4 Å². The highest BCUT2D eigenvalue weighted by Gasteiger charge is 2.16. The predicted octanol–water partition coefficient (Wildman–Crippen LogP) is 3.46. The Balaban J connectivity index is 2.00. The molecule has 0 aliphatic carbocycles. The van der Waals surface area contributed by atoms with E-state index in [1.165, 1.54) is 29.0 Å². The number of pyridine rings is 1. The van der Waals surface area contributed by atoms with Gasteiger partial charge < -0.3 is 14.3 Å². The average molecular weight is 342 g/mol. The summed E-state index contributed by atoms with van der Waals surface area (Å²) in [7, 11) is 0. The van der Waals surface area contributed by atoms with Crippen molar-refractivity contribution in [1.29, 1.82) is 0 Å². The summed E-state index contributed by atoms with van der Waals surface area (Å²) < 4.78 is 20.1. The standard InChI is InChI=1S/C19H19FN2O3/c1-2-3-8-22-17(18(23)21-12-15-5-4-9-25-15)10-13-6-7-14(20)11-16(13)19(22)24/h4-7,9-11H,2-3,8,12H2,1H3,(H,21,23). The van der Waals surface area contributed by atoms with Crippen LogP contribution in [0.3, 0.4) is 0 Å². The van der Waals surface area contributed by atoms with Crippen LogP contribution in [0.2, 0.25) is 0 Å². The maximum Gasteiger partial charge on any atom is 0.268 e. The lowest BCUT2D eigenvalue weighted by Gasteiger charge is -2.14. The molecule has 0 aliphatic heterocycles. The van der Waals surface area contributed by atoms with Gasteiger partial charge in [0.2, 0.25) is 0 Å². The fourth-order valence-electron chi connectivity index (χ4n) is 2.72. The van der Waals surface area contributed by atoms with E-state index in [1.54, 1.807) is 18.2 Å². The topological polar surface area (TPSA) is 64.2 Å². The van der Waals surface area contributed by atoms with Gasteiger partial charge in [-0.25, -0.2) is 4.39 Å². The molecule has 5 nitrogen and oxygen atoms in total. The molecule has 1 aromatic carbocycles. The van der Waals surface area contributed by atoms with Crippen LogP contribution < -0.4 is 10.9 Å². The zero-order valence-electron chi connectivity index (χ0n) is 13.9. The summed E-state index contributed by atoms with van der Waals surface area (Å²) in [6, 6.07) is 9.13. The Morgan fingerprint density at radius 2 is 2.12 bits per heavy atom. The minimum atomic E-state index is -0.471. The number of rotatable bonds is 6. The number of hydrogen-bond acceptors (Lipinski definition) is 3. The summed E-state index contributed by atoms with van der Waals surface area (Å²) in [5, 5.41) is 3.58. The average Bonchev–Trinajstić information content (AvgIpc) is 3.13. The van der Waals surface area contributed by atoms with Crippen LogP contribution in [0.4, 0.5) is 4.39 Å². The van der Waals surface area contributed by atoms with Crippen molar-refractivity contribution in [3.63, 3.8) is 0 Å². The molecule has 0 spiro atoms. The van der Waals surface area contributed by atoms with Gasteiger partial charge in [0.15, 0.2) is 0 Å². The van der Waals surface area contributed by atoms with Gasteiger partial charge in [-0.3, -0.25) is 9.59 Å². The Bertz CT molecular complexity index is 945. The Morgan fingerprint density at radius 1 is 1.28 bits per heavy atom. The van der Waals surface area contributed by atoms with Crippen LogP contribution in [0, 0.1) is 5.82 Å². The van der Waals surface area contributed by atoms with E-state index in [9.17, 15) is 14.0 Å². The highest BCUT2D eigenvalue weighted by Crippen LogP contribution is 2.15. The molecular formula is C19H19FN2O3. The first-order valence-electron chi connectivity index (χ1n) is 8.24. The number of benzene rings is 1. The molecule has 0 radical (unpaired) electrons. The first-order chi connectivity index (χ1) is 12.1. The van der Waals surface area contributed by atoms with E-state index in [1.807, 2.05) is 6.92 Å². The summed E-state index contributed by atoms with van der Waals surface area (Å²) >= 11 is 0. The molecular weight excluding hydrogens is 323 g/mol. The minimum Gasteiger partial charge on any atom is -0.467 e. The highest BCUT2D eigenvalue weighted by molar-refractivity contribution is 5.96. The Morgan fingerprint density at radius 3 is 2.84 bits per heavy atom. The second-order valence-electron chi connectivity index (χ2n) is 5.83. The fourth-order valence-corrected chi connectivity index (χ4v) is 2.72. The van der Waals surface area contributed by atoms with Gasteiger partial charge in [-0.05, 0) is 42.1 Å². The second kappa shape index (κ2) is 7.34. The van der Waals surface area contributed by atoms with Gasteiger partial charge in [0, 0.05) is 6.54 Å². The molecule has 0 fully saturated rings. The van der Waals surface area contributed by atoms with E-state index in [4.69, 9.17) is 4.42 Å². The van der Waals surface area contributed by atoms with Crippen molar-refractivity contribution in [2.75, 3.05) is 0 Å². The van der Waals surface area contributed by atoms with Crippen molar-refractivity contribution < 1.29 is 13.6 Å². The van der Waals surface area contributed by atoms with Crippen LogP contribution in [0.25, 0.3) is 10.8 Å².